The fraction of sp³-hybridized carbons (Fsp3) is 0.375. The summed E-state index contributed by atoms with van der Waals surface area (Å²) in [5.41, 5.74) is 3.06. The van der Waals surface area contributed by atoms with Gasteiger partial charge >= 0.3 is 0 Å². The summed E-state index contributed by atoms with van der Waals surface area (Å²) in [4.78, 5) is 20.7. The highest BCUT2D eigenvalue weighted by Crippen LogP contribution is 2.32. The second-order valence-electron chi connectivity index (χ2n) is 10.8. The van der Waals surface area contributed by atoms with Crippen LogP contribution in [0.5, 0.6) is 5.75 Å². The molecule has 2 fully saturated rings. The maximum absolute atomic E-state index is 13.5. The van der Waals surface area contributed by atoms with Crippen LogP contribution in [0.1, 0.15) is 36.0 Å². The van der Waals surface area contributed by atoms with Crippen LogP contribution < -0.4 is 10.1 Å². The molecular weight excluding hydrogens is 585 g/mol. The van der Waals surface area contributed by atoms with Crippen molar-refractivity contribution < 1.29 is 22.7 Å². The number of morpholine rings is 1. The van der Waals surface area contributed by atoms with Gasteiger partial charge in [0.15, 0.2) is 5.13 Å². The number of unbranched alkanes of at least 4 members (excludes halogenated alkanes) is 1. The number of benzene rings is 3. The Morgan fingerprint density at radius 2 is 1.72 bits per heavy atom. The molecule has 3 heterocycles. The van der Waals surface area contributed by atoms with E-state index in [2.05, 4.69) is 15.2 Å². The number of nitrogens with one attached hydrogen (secondary N) is 1. The lowest BCUT2D eigenvalue weighted by Crippen LogP contribution is -2.36. The fourth-order valence-corrected chi connectivity index (χ4v) is 7.96. The molecule has 2 aliphatic heterocycles. The van der Waals surface area contributed by atoms with Crippen LogP contribution in [0, 0.1) is 0 Å². The molecule has 3 aromatic carbocycles. The number of hydrogen-bond donors (Lipinski definition) is 1. The molecule has 1 N–H and O–H groups in total. The predicted octanol–water partition coefficient (Wildman–Crippen LogP) is 5.49. The lowest BCUT2D eigenvalue weighted by atomic mass is 10.0. The zero-order valence-corrected chi connectivity index (χ0v) is 25.7. The standard InChI is InChI=1S/C32H36N4O5S2/c37-31(34-32-33-28-13-11-26(23-30(28)42-32)43(38,39)36-15-4-5-16-36)27-12-10-25(24-8-2-1-3-9-24)22-29(27)41-19-7-6-14-35-17-20-40-21-18-35/h1-3,8-13,22-23H,4-7,14-21H2,(H,33,34,37). The van der Waals surface area contributed by atoms with Crippen LogP contribution in [0.25, 0.3) is 21.3 Å². The lowest BCUT2D eigenvalue weighted by Gasteiger charge is -2.26. The van der Waals surface area contributed by atoms with Crippen LogP contribution in [-0.4, -0.2) is 81.1 Å². The molecule has 6 rings (SSSR count). The Hall–Kier alpha value is -3.35. The first-order valence-corrected chi connectivity index (χ1v) is 17.1. The van der Waals surface area contributed by atoms with E-state index in [1.165, 1.54) is 15.6 Å². The van der Waals surface area contributed by atoms with Crippen molar-refractivity contribution in [3.8, 4) is 16.9 Å². The largest absolute Gasteiger partial charge is 0.493 e. The van der Waals surface area contributed by atoms with E-state index in [0.29, 0.717) is 46.4 Å². The first kappa shape index (κ1) is 29.7. The number of hydrogen-bond acceptors (Lipinski definition) is 8. The Kier molecular flexibility index (Phi) is 9.34. The quantitative estimate of drug-likeness (QED) is 0.221. The molecule has 0 bridgehead atoms. The van der Waals surface area contributed by atoms with Crippen LogP contribution >= 0.6 is 11.3 Å². The number of carbonyl (C=O) groups is 1. The number of sulfonamides is 1. The zero-order chi connectivity index (χ0) is 29.6. The maximum atomic E-state index is 13.5. The monoisotopic (exact) mass is 620 g/mol. The molecule has 0 radical (unpaired) electrons. The van der Waals surface area contributed by atoms with Crippen molar-refractivity contribution in [1.82, 2.24) is 14.2 Å². The van der Waals surface area contributed by atoms with Gasteiger partial charge in [-0.25, -0.2) is 13.4 Å². The van der Waals surface area contributed by atoms with Gasteiger partial charge in [-0.05, 0) is 73.7 Å². The Morgan fingerprint density at radius 1 is 0.930 bits per heavy atom. The van der Waals surface area contributed by atoms with Gasteiger partial charge in [-0.15, -0.1) is 0 Å². The number of amides is 1. The van der Waals surface area contributed by atoms with E-state index in [-0.39, 0.29) is 10.8 Å². The Labute approximate surface area is 256 Å². The van der Waals surface area contributed by atoms with Crippen molar-refractivity contribution >= 4 is 42.6 Å². The summed E-state index contributed by atoms with van der Waals surface area (Å²) in [5.74, 6) is 0.192. The van der Waals surface area contributed by atoms with Crippen molar-refractivity contribution in [3.63, 3.8) is 0 Å². The van der Waals surface area contributed by atoms with Crippen molar-refractivity contribution in [2.45, 2.75) is 30.6 Å². The minimum absolute atomic E-state index is 0.254. The van der Waals surface area contributed by atoms with Gasteiger partial charge in [0.25, 0.3) is 5.91 Å². The average Bonchev–Trinajstić information content (AvgIpc) is 3.72. The molecule has 0 unspecified atom stereocenters. The van der Waals surface area contributed by atoms with Crippen LogP contribution in [0.3, 0.4) is 0 Å². The van der Waals surface area contributed by atoms with Crippen molar-refractivity contribution in [2.24, 2.45) is 0 Å². The topological polar surface area (TPSA) is 101 Å². The van der Waals surface area contributed by atoms with Crippen LogP contribution in [0.4, 0.5) is 5.13 Å². The van der Waals surface area contributed by atoms with Gasteiger partial charge in [0.05, 0.1) is 40.5 Å². The lowest BCUT2D eigenvalue weighted by molar-refractivity contribution is 0.0368. The van der Waals surface area contributed by atoms with Gasteiger partial charge < -0.3 is 9.47 Å². The number of nitrogens with zero attached hydrogens (tertiary/aromatic N) is 3. The van der Waals surface area contributed by atoms with Crippen LogP contribution in [0.15, 0.2) is 71.6 Å². The van der Waals surface area contributed by atoms with E-state index in [1.54, 1.807) is 24.3 Å². The Balaban J connectivity index is 1.17. The molecule has 0 saturated carbocycles. The first-order chi connectivity index (χ1) is 21.0. The normalized spacial score (nSPS) is 16.5. The molecule has 0 aliphatic carbocycles. The van der Waals surface area contributed by atoms with Gasteiger partial charge in [-0.1, -0.05) is 47.7 Å². The molecule has 226 valence electrons. The molecule has 1 amide bonds. The number of carbonyl (C=O) groups excluding carboxylic acids is 1. The molecule has 9 nitrogen and oxygen atoms in total. The van der Waals surface area contributed by atoms with E-state index in [1.807, 2.05) is 42.5 Å². The number of thiazole rings is 1. The van der Waals surface area contributed by atoms with Gasteiger partial charge in [-0.3, -0.25) is 15.0 Å². The number of ether oxygens (including phenoxy) is 2. The second-order valence-corrected chi connectivity index (χ2v) is 13.8. The van der Waals surface area contributed by atoms with Crippen molar-refractivity contribution in [2.75, 3.05) is 57.9 Å². The highest BCUT2D eigenvalue weighted by molar-refractivity contribution is 7.89. The average molecular weight is 621 g/mol. The third-order valence-corrected chi connectivity index (χ3v) is 10.7. The van der Waals surface area contributed by atoms with E-state index in [4.69, 9.17) is 9.47 Å². The highest BCUT2D eigenvalue weighted by atomic mass is 32.2. The summed E-state index contributed by atoms with van der Waals surface area (Å²) in [6.45, 7) is 6.10. The van der Waals surface area contributed by atoms with Crippen LogP contribution in [0.2, 0.25) is 0 Å². The van der Waals surface area contributed by atoms with Crippen molar-refractivity contribution in [3.05, 3.63) is 72.3 Å². The highest BCUT2D eigenvalue weighted by Gasteiger charge is 2.27. The van der Waals surface area contributed by atoms with Crippen molar-refractivity contribution in [1.29, 1.82) is 0 Å². The smallest absolute Gasteiger partial charge is 0.261 e. The summed E-state index contributed by atoms with van der Waals surface area (Å²) < 4.78 is 40.0. The third-order valence-electron chi connectivity index (χ3n) is 7.85. The summed E-state index contributed by atoms with van der Waals surface area (Å²) >= 11 is 1.26. The van der Waals surface area contributed by atoms with Gasteiger partial charge in [0, 0.05) is 26.2 Å². The maximum Gasteiger partial charge on any atom is 0.261 e. The number of rotatable bonds is 11. The minimum Gasteiger partial charge on any atom is -0.493 e. The van der Waals surface area contributed by atoms with E-state index < -0.39 is 10.0 Å². The summed E-state index contributed by atoms with van der Waals surface area (Å²) in [6.07, 6.45) is 3.63. The number of aromatic nitrogens is 1. The molecular formula is C32H36N4O5S2. The van der Waals surface area contributed by atoms with Gasteiger partial charge in [0.1, 0.15) is 5.75 Å². The molecule has 1 aromatic heterocycles. The number of anilines is 1. The molecule has 2 saturated heterocycles. The van der Waals surface area contributed by atoms with E-state index in [9.17, 15) is 13.2 Å². The molecule has 43 heavy (non-hydrogen) atoms. The summed E-state index contributed by atoms with van der Waals surface area (Å²) in [5, 5.41) is 3.32. The molecule has 2 aliphatic rings. The Morgan fingerprint density at radius 3 is 2.51 bits per heavy atom. The Bertz CT molecular complexity index is 1660. The molecule has 0 spiro atoms. The SMILES string of the molecule is O=C(Nc1nc2ccc(S(=O)(=O)N3CCCC3)cc2s1)c1ccc(-c2ccccc2)cc1OCCCCN1CCOCC1. The molecule has 11 heteroatoms. The molecule has 4 aromatic rings. The predicted molar refractivity (Wildman–Crippen MR) is 169 cm³/mol. The molecule has 0 atom stereocenters. The number of fused-ring (bicyclic) bond motifs is 1. The summed E-state index contributed by atoms with van der Waals surface area (Å²) in [7, 11) is -3.54. The van der Waals surface area contributed by atoms with E-state index in [0.717, 1.165) is 69.7 Å². The third kappa shape index (κ3) is 7.08. The fourth-order valence-electron chi connectivity index (χ4n) is 5.44. The summed E-state index contributed by atoms with van der Waals surface area (Å²) in [6, 6.07) is 20.6. The second kappa shape index (κ2) is 13.5. The zero-order valence-electron chi connectivity index (χ0n) is 24.0. The minimum atomic E-state index is -3.54. The van der Waals surface area contributed by atoms with Crippen LogP contribution in [-0.2, 0) is 14.8 Å². The van der Waals surface area contributed by atoms with Gasteiger partial charge in [-0.2, -0.15) is 4.31 Å². The van der Waals surface area contributed by atoms with Gasteiger partial charge in [0.2, 0.25) is 10.0 Å². The van der Waals surface area contributed by atoms with E-state index >= 15 is 0 Å². The first-order valence-electron chi connectivity index (χ1n) is 14.8.